The molecule has 0 radical (unpaired) electrons. The number of benzene rings is 1. The number of likely N-dealkylation sites (tertiary alicyclic amines) is 1. The van der Waals surface area contributed by atoms with E-state index in [9.17, 15) is 4.79 Å². The number of carbonyl (C=O) groups is 1. The zero-order chi connectivity index (χ0) is 19.5. The van der Waals surface area contributed by atoms with Crippen LogP contribution in [0.2, 0.25) is 0 Å². The van der Waals surface area contributed by atoms with E-state index in [1.54, 1.807) is 11.8 Å². The first kappa shape index (κ1) is 20.0. The average molecular weight is 463 g/mol. The number of aromatic nitrogens is 3. The molecule has 1 aliphatic carbocycles. The van der Waals surface area contributed by atoms with E-state index in [0.29, 0.717) is 6.04 Å². The quantitative estimate of drug-likeness (QED) is 0.564. The molecule has 28 heavy (non-hydrogen) atoms. The Morgan fingerprint density at radius 1 is 1.07 bits per heavy atom. The standard InChI is InChI=1S/C21H27BrN4OS/c1-15(20(27)25-13-5-6-14-25)28-21-24-23-19(16-9-11-17(22)12-10-16)26(21)18-7-3-2-4-8-18/h9-12,15,18H,2-8,13-14H2,1H3/t15-/m1/s1. The maximum atomic E-state index is 12.8. The number of hydrogen-bond acceptors (Lipinski definition) is 4. The van der Waals surface area contributed by atoms with Crippen molar-refractivity contribution in [1.82, 2.24) is 19.7 Å². The minimum absolute atomic E-state index is 0.137. The average Bonchev–Trinajstić information content (AvgIpc) is 3.39. The minimum atomic E-state index is -0.137. The lowest BCUT2D eigenvalue weighted by Crippen LogP contribution is -2.34. The third kappa shape index (κ3) is 4.30. The van der Waals surface area contributed by atoms with Crippen LogP contribution in [0.15, 0.2) is 33.9 Å². The number of amides is 1. The van der Waals surface area contributed by atoms with E-state index in [2.05, 4.69) is 42.8 Å². The Labute approximate surface area is 179 Å². The van der Waals surface area contributed by atoms with Gasteiger partial charge in [0, 0.05) is 29.2 Å². The van der Waals surface area contributed by atoms with Gasteiger partial charge in [-0.25, -0.2) is 0 Å². The van der Waals surface area contributed by atoms with Crippen molar-refractivity contribution in [1.29, 1.82) is 0 Å². The second kappa shape index (κ2) is 8.99. The molecular weight excluding hydrogens is 436 g/mol. The van der Waals surface area contributed by atoms with Crippen molar-refractivity contribution in [3.63, 3.8) is 0 Å². The minimum Gasteiger partial charge on any atom is -0.342 e. The predicted octanol–water partition coefficient (Wildman–Crippen LogP) is 5.32. The van der Waals surface area contributed by atoms with Crippen LogP contribution in [0.3, 0.4) is 0 Å². The van der Waals surface area contributed by atoms with Crippen molar-refractivity contribution in [3.05, 3.63) is 28.7 Å². The molecule has 7 heteroatoms. The number of carbonyl (C=O) groups excluding carboxylic acids is 1. The molecule has 0 N–H and O–H groups in total. The molecule has 2 fully saturated rings. The van der Waals surface area contributed by atoms with E-state index in [0.717, 1.165) is 59.8 Å². The molecule has 1 saturated carbocycles. The van der Waals surface area contributed by atoms with Crippen molar-refractivity contribution in [2.75, 3.05) is 13.1 Å². The Kier molecular flexibility index (Phi) is 6.41. The van der Waals surface area contributed by atoms with Crippen LogP contribution in [-0.2, 0) is 4.79 Å². The molecule has 150 valence electrons. The Bertz CT molecular complexity index is 810. The van der Waals surface area contributed by atoms with E-state index in [4.69, 9.17) is 0 Å². The van der Waals surface area contributed by atoms with E-state index >= 15 is 0 Å². The summed E-state index contributed by atoms with van der Waals surface area (Å²) < 4.78 is 3.36. The van der Waals surface area contributed by atoms with Gasteiger partial charge in [-0.1, -0.05) is 59.1 Å². The highest BCUT2D eigenvalue weighted by molar-refractivity contribution is 9.10. The van der Waals surface area contributed by atoms with Gasteiger partial charge in [0.15, 0.2) is 11.0 Å². The van der Waals surface area contributed by atoms with Crippen LogP contribution in [0.1, 0.15) is 57.9 Å². The molecule has 2 heterocycles. The summed E-state index contributed by atoms with van der Waals surface area (Å²) in [5, 5.41) is 9.83. The van der Waals surface area contributed by atoms with Gasteiger partial charge in [0.1, 0.15) is 0 Å². The van der Waals surface area contributed by atoms with Crippen molar-refractivity contribution >= 4 is 33.6 Å². The van der Waals surface area contributed by atoms with Crippen molar-refractivity contribution < 1.29 is 4.79 Å². The Morgan fingerprint density at radius 2 is 1.75 bits per heavy atom. The van der Waals surface area contributed by atoms with E-state index < -0.39 is 0 Å². The molecule has 1 saturated heterocycles. The SMILES string of the molecule is C[C@@H](Sc1nnc(-c2ccc(Br)cc2)n1C1CCCCC1)C(=O)N1CCCC1. The predicted molar refractivity (Wildman–Crippen MR) is 116 cm³/mol. The Hall–Kier alpha value is -1.34. The van der Waals surface area contributed by atoms with Gasteiger partial charge >= 0.3 is 0 Å². The monoisotopic (exact) mass is 462 g/mol. The summed E-state index contributed by atoms with van der Waals surface area (Å²) in [6, 6.07) is 8.67. The first-order chi connectivity index (χ1) is 13.6. The van der Waals surface area contributed by atoms with Crippen LogP contribution in [0.5, 0.6) is 0 Å². The van der Waals surface area contributed by atoms with Gasteiger partial charge in [0.2, 0.25) is 5.91 Å². The van der Waals surface area contributed by atoms with Crippen LogP contribution in [0.4, 0.5) is 0 Å². The van der Waals surface area contributed by atoms with Crippen LogP contribution >= 0.6 is 27.7 Å². The first-order valence-corrected chi connectivity index (χ1v) is 12.0. The topological polar surface area (TPSA) is 51.0 Å². The van der Waals surface area contributed by atoms with Crippen molar-refractivity contribution in [2.45, 2.75) is 68.3 Å². The third-order valence-corrected chi connectivity index (χ3v) is 7.33. The van der Waals surface area contributed by atoms with Crippen LogP contribution in [0.25, 0.3) is 11.4 Å². The molecule has 1 aliphatic heterocycles. The first-order valence-electron chi connectivity index (χ1n) is 10.3. The third-order valence-electron chi connectivity index (χ3n) is 5.75. The van der Waals surface area contributed by atoms with Gasteiger partial charge in [0.05, 0.1) is 5.25 Å². The van der Waals surface area contributed by atoms with Gasteiger partial charge in [-0.05, 0) is 44.7 Å². The fraction of sp³-hybridized carbons (Fsp3) is 0.571. The highest BCUT2D eigenvalue weighted by atomic mass is 79.9. The molecule has 0 bridgehead atoms. The summed E-state index contributed by atoms with van der Waals surface area (Å²) in [5.41, 5.74) is 1.08. The number of hydrogen-bond donors (Lipinski definition) is 0. The van der Waals surface area contributed by atoms with Gasteiger partial charge in [-0.3, -0.25) is 9.36 Å². The molecular formula is C21H27BrN4OS. The fourth-order valence-corrected chi connectivity index (χ4v) is 5.49. The van der Waals surface area contributed by atoms with Crippen molar-refractivity contribution in [3.8, 4) is 11.4 Å². The van der Waals surface area contributed by atoms with Gasteiger partial charge in [-0.15, -0.1) is 10.2 Å². The molecule has 1 atom stereocenters. The van der Waals surface area contributed by atoms with E-state index in [1.807, 2.05) is 24.0 Å². The number of rotatable bonds is 5. The van der Waals surface area contributed by atoms with Gasteiger partial charge in [0.25, 0.3) is 0 Å². The highest BCUT2D eigenvalue weighted by Gasteiger charge is 2.29. The van der Waals surface area contributed by atoms with Gasteiger partial charge < -0.3 is 4.90 Å². The second-order valence-electron chi connectivity index (χ2n) is 7.77. The number of thioether (sulfide) groups is 1. The van der Waals surface area contributed by atoms with E-state index in [-0.39, 0.29) is 11.2 Å². The van der Waals surface area contributed by atoms with E-state index in [1.165, 1.54) is 19.3 Å². The molecule has 5 nitrogen and oxygen atoms in total. The summed E-state index contributed by atoms with van der Waals surface area (Å²) in [7, 11) is 0. The summed E-state index contributed by atoms with van der Waals surface area (Å²) in [4.78, 5) is 14.8. The zero-order valence-electron chi connectivity index (χ0n) is 16.3. The van der Waals surface area contributed by atoms with Crippen LogP contribution < -0.4 is 0 Å². The summed E-state index contributed by atoms with van der Waals surface area (Å²) in [6.45, 7) is 3.79. The molecule has 2 aromatic rings. The summed E-state index contributed by atoms with van der Waals surface area (Å²) in [5.74, 6) is 1.15. The lowest BCUT2D eigenvalue weighted by atomic mass is 9.95. The van der Waals surface area contributed by atoms with Crippen LogP contribution in [0, 0.1) is 0 Å². The molecule has 2 aliphatic rings. The lowest BCUT2D eigenvalue weighted by Gasteiger charge is -2.26. The van der Waals surface area contributed by atoms with Crippen LogP contribution in [-0.4, -0.2) is 43.9 Å². The Balaban J connectivity index is 1.62. The second-order valence-corrected chi connectivity index (χ2v) is 9.99. The number of halogens is 1. The molecule has 1 amide bonds. The summed E-state index contributed by atoms with van der Waals surface area (Å²) in [6.07, 6.45) is 8.35. The smallest absolute Gasteiger partial charge is 0.235 e. The molecule has 1 aromatic heterocycles. The Morgan fingerprint density at radius 3 is 2.43 bits per heavy atom. The zero-order valence-corrected chi connectivity index (χ0v) is 18.7. The lowest BCUT2D eigenvalue weighted by molar-refractivity contribution is -0.129. The van der Waals surface area contributed by atoms with Crippen molar-refractivity contribution in [2.24, 2.45) is 0 Å². The van der Waals surface area contributed by atoms with Gasteiger partial charge in [-0.2, -0.15) is 0 Å². The fourth-order valence-electron chi connectivity index (χ4n) is 4.22. The summed E-state index contributed by atoms with van der Waals surface area (Å²) >= 11 is 5.08. The maximum Gasteiger partial charge on any atom is 0.235 e. The maximum absolute atomic E-state index is 12.8. The molecule has 4 rings (SSSR count). The number of nitrogens with zero attached hydrogens (tertiary/aromatic N) is 4. The normalized spacial score (nSPS) is 19.1. The molecule has 0 unspecified atom stereocenters. The molecule has 0 spiro atoms. The highest BCUT2D eigenvalue weighted by Crippen LogP contribution is 2.37. The largest absolute Gasteiger partial charge is 0.342 e. The molecule has 1 aromatic carbocycles.